The lowest BCUT2D eigenvalue weighted by Crippen LogP contribution is -2.27. The van der Waals surface area contributed by atoms with Crippen molar-refractivity contribution in [3.63, 3.8) is 0 Å². The van der Waals surface area contributed by atoms with Crippen molar-refractivity contribution >= 4 is 16.8 Å². The number of fused-ring (bicyclic) bond motifs is 2. The molecule has 0 saturated heterocycles. The average Bonchev–Trinajstić information content (AvgIpc) is 3.04. The Morgan fingerprint density at radius 1 is 1.16 bits per heavy atom. The maximum absolute atomic E-state index is 12.7. The van der Waals surface area contributed by atoms with Gasteiger partial charge in [-0.3, -0.25) is 9.89 Å². The predicted molar refractivity (Wildman–Crippen MR) is 94.1 cm³/mol. The molecule has 0 bridgehead atoms. The lowest BCUT2D eigenvalue weighted by molar-refractivity contribution is 0.0936. The molecule has 1 amide bonds. The molecule has 4 rings (SSSR count). The third-order valence-corrected chi connectivity index (χ3v) is 4.35. The molecular weight excluding hydrogens is 318 g/mol. The molecule has 0 aliphatic carbocycles. The van der Waals surface area contributed by atoms with E-state index in [1.807, 2.05) is 50.2 Å². The van der Waals surface area contributed by atoms with E-state index in [0.29, 0.717) is 24.7 Å². The summed E-state index contributed by atoms with van der Waals surface area (Å²) in [6.45, 7) is 5.02. The molecule has 0 saturated carbocycles. The van der Waals surface area contributed by atoms with Crippen LogP contribution in [0.5, 0.6) is 11.5 Å². The highest BCUT2D eigenvalue weighted by molar-refractivity contribution is 6.04. The van der Waals surface area contributed by atoms with Crippen LogP contribution in [-0.2, 0) is 0 Å². The highest BCUT2D eigenvalue weighted by atomic mass is 16.6. The Kier molecular flexibility index (Phi) is 3.80. The molecule has 1 aliphatic heterocycles. The fourth-order valence-corrected chi connectivity index (χ4v) is 2.98. The predicted octanol–water partition coefficient (Wildman–Crippen LogP) is 3.13. The Morgan fingerprint density at radius 3 is 2.80 bits per heavy atom. The minimum absolute atomic E-state index is 0.181. The number of hydrogen-bond acceptors (Lipinski definition) is 4. The highest BCUT2D eigenvalue weighted by Gasteiger charge is 2.19. The van der Waals surface area contributed by atoms with Crippen molar-refractivity contribution in [1.29, 1.82) is 0 Å². The number of nitrogens with zero attached hydrogens (tertiary/aromatic N) is 1. The third kappa shape index (κ3) is 2.91. The van der Waals surface area contributed by atoms with Crippen LogP contribution in [-0.4, -0.2) is 29.3 Å². The molecule has 0 fully saturated rings. The van der Waals surface area contributed by atoms with Gasteiger partial charge in [0.15, 0.2) is 17.2 Å². The van der Waals surface area contributed by atoms with E-state index in [2.05, 4.69) is 15.5 Å². The summed E-state index contributed by atoms with van der Waals surface area (Å²) in [5, 5.41) is 10.9. The second-order valence-corrected chi connectivity index (χ2v) is 6.22. The first-order valence-corrected chi connectivity index (χ1v) is 8.27. The number of carbonyl (C=O) groups excluding carboxylic acids is 1. The van der Waals surface area contributed by atoms with E-state index < -0.39 is 0 Å². The van der Waals surface area contributed by atoms with Crippen molar-refractivity contribution in [2.24, 2.45) is 0 Å². The molecule has 1 atom stereocenters. The average molecular weight is 337 g/mol. The molecular formula is C19H19N3O3. The molecule has 1 unspecified atom stereocenters. The number of amides is 1. The Hall–Kier alpha value is -3.02. The SMILES string of the molecule is Cc1ccc2[nH]nc(C(=O)NC(C)c3ccc4c(c3)OCCO4)c2c1. The summed E-state index contributed by atoms with van der Waals surface area (Å²) in [7, 11) is 0. The van der Waals surface area contributed by atoms with Crippen molar-refractivity contribution in [2.75, 3.05) is 13.2 Å². The minimum Gasteiger partial charge on any atom is -0.486 e. The molecule has 6 nitrogen and oxygen atoms in total. The van der Waals surface area contributed by atoms with E-state index in [9.17, 15) is 4.79 Å². The van der Waals surface area contributed by atoms with Gasteiger partial charge < -0.3 is 14.8 Å². The Labute approximate surface area is 145 Å². The summed E-state index contributed by atoms with van der Waals surface area (Å²) >= 11 is 0. The van der Waals surface area contributed by atoms with Crippen LogP contribution in [0.2, 0.25) is 0 Å². The minimum atomic E-state index is -0.209. The summed E-state index contributed by atoms with van der Waals surface area (Å²) in [6.07, 6.45) is 0. The number of aryl methyl sites for hydroxylation is 1. The zero-order valence-electron chi connectivity index (χ0n) is 14.1. The molecule has 1 aromatic heterocycles. The molecule has 6 heteroatoms. The van der Waals surface area contributed by atoms with Crippen LogP contribution in [0.3, 0.4) is 0 Å². The van der Waals surface area contributed by atoms with Gasteiger partial charge in [-0.15, -0.1) is 0 Å². The second-order valence-electron chi connectivity index (χ2n) is 6.22. The van der Waals surface area contributed by atoms with E-state index >= 15 is 0 Å². The van der Waals surface area contributed by atoms with Gasteiger partial charge in [-0.25, -0.2) is 0 Å². The standard InChI is InChI=1S/C19H19N3O3/c1-11-3-5-15-14(9-11)18(22-21-15)19(23)20-12(2)13-4-6-16-17(10-13)25-8-7-24-16/h3-6,9-10,12H,7-8H2,1-2H3,(H,20,23)(H,21,22). The Balaban J connectivity index is 1.56. The smallest absolute Gasteiger partial charge is 0.272 e. The highest BCUT2D eigenvalue weighted by Crippen LogP contribution is 2.32. The lowest BCUT2D eigenvalue weighted by atomic mass is 10.1. The first kappa shape index (κ1) is 15.5. The maximum Gasteiger partial charge on any atom is 0.272 e. The second kappa shape index (κ2) is 6.12. The van der Waals surface area contributed by atoms with Crippen molar-refractivity contribution in [2.45, 2.75) is 19.9 Å². The van der Waals surface area contributed by atoms with E-state index in [1.54, 1.807) is 0 Å². The number of aromatic amines is 1. The third-order valence-electron chi connectivity index (χ3n) is 4.35. The van der Waals surface area contributed by atoms with E-state index in [0.717, 1.165) is 27.8 Å². The van der Waals surface area contributed by atoms with Gasteiger partial charge in [0.05, 0.1) is 11.6 Å². The number of H-pyrrole nitrogens is 1. The molecule has 0 radical (unpaired) electrons. The van der Waals surface area contributed by atoms with E-state index in [4.69, 9.17) is 9.47 Å². The fraction of sp³-hybridized carbons (Fsp3) is 0.263. The van der Waals surface area contributed by atoms with Gasteiger partial charge >= 0.3 is 0 Å². The molecule has 2 N–H and O–H groups in total. The van der Waals surface area contributed by atoms with Crippen LogP contribution in [0.25, 0.3) is 10.9 Å². The Morgan fingerprint density at radius 2 is 1.96 bits per heavy atom. The normalized spacial score (nSPS) is 14.3. The Bertz CT molecular complexity index is 948. The fourth-order valence-electron chi connectivity index (χ4n) is 2.98. The molecule has 1 aliphatic rings. The monoisotopic (exact) mass is 337 g/mol. The van der Waals surface area contributed by atoms with Crippen molar-refractivity contribution < 1.29 is 14.3 Å². The summed E-state index contributed by atoms with van der Waals surface area (Å²) in [5.74, 6) is 1.24. The van der Waals surface area contributed by atoms with Gasteiger partial charge in [-0.05, 0) is 43.7 Å². The van der Waals surface area contributed by atoms with Crippen LogP contribution in [0.4, 0.5) is 0 Å². The molecule has 128 valence electrons. The van der Waals surface area contributed by atoms with Crippen molar-refractivity contribution in [1.82, 2.24) is 15.5 Å². The number of hydrogen-bond donors (Lipinski definition) is 2. The number of aromatic nitrogens is 2. The summed E-state index contributed by atoms with van der Waals surface area (Å²) < 4.78 is 11.1. The van der Waals surface area contributed by atoms with Crippen LogP contribution in [0.15, 0.2) is 36.4 Å². The van der Waals surface area contributed by atoms with Crippen LogP contribution in [0.1, 0.15) is 34.6 Å². The van der Waals surface area contributed by atoms with Gasteiger partial charge in [-0.2, -0.15) is 5.10 Å². The van der Waals surface area contributed by atoms with E-state index in [-0.39, 0.29) is 11.9 Å². The first-order chi connectivity index (χ1) is 12.1. The lowest BCUT2D eigenvalue weighted by Gasteiger charge is -2.21. The molecule has 25 heavy (non-hydrogen) atoms. The van der Waals surface area contributed by atoms with Gasteiger partial charge in [0, 0.05) is 5.39 Å². The first-order valence-electron chi connectivity index (χ1n) is 8.27. The van der Waals surface area contributed by atoms with Crippen LogP contribution < -0.4 is 14.8 Å². The number of nitrogens with one attached hydrogen (secondary N) is 2. The number of rotatable bonds is 3. The topological polar surface area (TPSA) is 76.2 Å². The summed E-state index contributed by atoms with van der Waals surface area (Å²) in [5.41, 5.74) is 3.29. The van der Waals surface area contributed by atoms with Gasteiger partial charge in [0.2, 0.25) is 0 Å². The van der Waals surface area contributed by atoms with Crippen molar-refractivity contribution in [3.8, 4) is 11.5 Å². The number of ether oxygens (including phenoxy) is 2. The molecule has 2 aromatic carbocycles. The van der Waals surface area contributed by atoms with Crippen molar-refractivity contribution in [3.05, 3.63) is 53.2 Å². The quantitative estimate of drug-likeness (QED) is 0.770. The summed E-state index contributed by atoms with van der Waals surface area (Å²) in [4.78, 5) is 12.7. The number of carbonyl (C=O) groups is 1. The molecule has 0 spiro atoms. The number of benzene rings is 2. The zero-order chi connectivity index (χ0) is 17.4. The summed E-state index contributed by atoms with van der Waals surface area (Å²) in [6, 6.07) is 11.4. The van der Waals surface area contributed by atoms with E-state index in [1.165, 1.54) is 0 Å². The molecule has 3 aromatic rings. The van der Waals surface area contributed by atoms with Gasteiger partial charge in [0.25, 0.3) is 5.91 Å². The zero-order valence-corrected chi connectivity index (χ0v) is 14.1. The van der Waals surface area contributed by atoms with Crippen LogP contribution >= 0.6 is 0 Å². The van der Waals surface area contributed by atoms with Crippen LogP contribution in [0, 0.1) is 6.92 Å². The van der Waals surface area contributed by atoms with Gasteiger partial charge in [-0.1, -0.05) is 17.7 Å². The molecule has 2 heterocycles. The van der Waals surface area contributed by atoms with Gasteiger partial charge in [0.1, 0.15) is 13.2 Å². The largest absolute Gasteiger partial charge is 0.486 e. The maximum atomic E-state index is 12.7.